The minimum Gasteiger partial charge on any atom is -0.376 e. The van der Waals surface area contributed by atoms with E-state index in [-0.39, 0.29) is 12.2 Å². The van der Waals surface area contributed by atoms with Crippen LogP contribution in [-0.4, -0.2) is 32.7 Å². The fourth-order valence-electron chi connectivity index (χ4n) is 1.26. The summed E-state index contributed by atoms with van der Waals surface area (Å²) in [7, 11) is 1.63. The Morgan fingerprint density at radius 2 is 2.45 bits per heavy atom. The Morgan fingerprint density at radius 1 is 1.64 bits per heavy atom. The van der Waals surface area contributed by atoms with Crippen LogP contribution >= 0.6 is 0 Å². The molecular weight excluding hydrogens is 144 g/mol. The topological polar surface area (TPSA) is 27.7 Å². The molecule has 66 valence electrons. The first kappa shape index (κ1) is 8.97. The van der Waals surface area contributed by atoms with Gasteiger partial charge in [0.2, 0.25) is 0 Å². The van der Waals surface area contributed by atoms with E-state index in [4.69, 9.17) is 14.2 Å². The monoisotopic (exact) mass is 160 g/mol. The molecule has 1 fully saturated rings. The van der Waals surface area contributed by atoms with Crippen LogP contribution in [0.25, 0.3) is 0 Å². The lowest BCUT2D eigenvalue weighted by Gasteiger charge is -2.18. The molecule has 0 aromatic rings. The normalized spacial score (nSPS) is 27.3. The van der Waals surface area contributed by atoms with Gasteiger partial charge in [-0.25, -0.2) is 0 Å². The molecule has 0 radical (unpaired) electrons. The SMILES string of the molecule is COCOC(C)C1CCCO1. The van der Waals surface area contributed by atoms with E-state index in [1.165, 1.54) is 0 Å². The fraction of sp³-hybridized carbons (Fsp3) is 1.00. The zero-order chi connectivity index (χ0) is 8.10. The van der Waals surface area contributed by atoms with Gasteiger partial charge in [-0.3, -0.25) is 0 Å². The minimum absolute atomic E-state index is 0.164. The second-order valence-corrected chi connectivity index (χ2v) is 2.83. The molecule has 3 nitrogen and oxygen atoms in total. The predicted molar refractivity (Wildman–Crippen MR) is 41.4 cm³/mol. The van der Waals surface area contributed by atoms with E-state index in [1.54, 1.807) is 7.11 Å². The third-order valence-electron chi connectivity index (χ3n) is 1.94. The molecule has 11 heavy (non-hydrogen) atoms. The van der Waals surface area contributed by atoms with Crippen molar-refractivity contribution < 1.29 is 14.2 Å². The summed E-state index contributed by atoms with van der Waals surface area (Å²) in [5, 5.41) is 0. The van der Waals surface area contributed by atoms with Crippen molar-refractivity contribution in [1.29, 1.82) is 0 Å². The maximum absolute atomic E-state index is 5.43. The second-order valence-electron chi connectivity index (χ2n) is 2.83. The van der Waals surface area contributed by atoms with Crippen molar-refractivity contribution >= 4 is 0 Å². The molecule has 0 N–H and O–H groups in total. The van der Waals surface area contributed by atoms with Gasteiger partial charge in [0.15, 0.2) is 0 Å². The van der Waals surface area contributed by atoms with Crippen LogP contribution in [0.15, 0.2) is 0 Å². The molecule has 1 saturated heterocycles. The Balaban J connectivity index is 2.12. The summed E-state index contributed by atoms with van der Waals surface area (Å²) in [6.45, 7) is 3.27. The van der Waals surface area contributed by atoms with Gasteiger partial charge >= 0.3 is 0 Å². The third kappa shape index (κ3) is 2.77. The van der Waals surface area contributed by atoms with Gasteiger partial charge in [-0.1, -0.05) is 0 Å². The maximum atomic E-state index is 5.43. The number of methoxy groups -OCH3 is 1. The van der Waals surface area contributed by atoms with Crippen molar-refractivity contribution in [1.82, 2.24) is 0 Å². The fourth-order valence-corrected chi connectivity index (χ4v) is 1.26. The zero-order valence-electron chi connectivity index (χ0n) is 7.21. The summed E-state index contributed by atoms with van der Waals surface area (Å²) in [4.78, 5) is 0. The quantitative estimate of drug-likeness (QED) is 0.578. The van der Waals surface area contributed by atoms with Crippen LogP contribution in [0.5, 0.6) is 0 Å². The number of rotatable bonds is 4. The standard InChI is InChI=1S/C8H16O3/c1-7(11-6-9-2)8-4-3-5-10-8/h7-8H,3-6H2,1-2H3. The van der Waals surface area contributed by atoms with Crippen molar-refractivity contribution in [2.45, 2.75) is 32.0 Å². The number of ether oxygens (including phenoxy) is 3. The van der Waals surface area contributed by atoms with E-state index < -0.39 is 0 Å². The predicted octanol–water partition coefficient (Wildman–Crippen LogP) is 1.17. The van der Waals surface area contributed by atoms with Gasteiger partial charge in [0.05, 0.1) is 12.2 Å². The molecule has 1 aliphatic heterocycles. The van der Waals surface area contributed by atoms with E-state index in [1.807, 2.05) is 6.92 Å². The molecule has 0 spiro atoms. The molecule has 0 aromatic carbocycles. The summed E-state index contributed by atoms with van der Waals surface area (Å²) in [5.74, 6) is 0. The Labute approximate surface area is 67.6 Å². The van der Waals surface area contributed by atoms with Crippen LogP contribution in [0.3, 0.4) is 0 Å². The summed E-state index contributed by atoms with van der Waals surface area (Å²) in [5.41, 5.74) is 0. The first-order valence-electron chi connectivity index (χ1n) is 4.06. The van der Waals surface area contributed by atoms with Crippen molar-refractivity contribution in [3.63, 3.8) is 0 Å². The lowest BCUT2D eigenvalue weighted by atomic mass is 10.1. The highest BCUT2D eigenvalue weighted by Gasteiger charge is 2.22. The smallest absolute Gasteiger partial charge is 0.146 e. The summed E-state index contributed by atoms with van der Waals surface area (Å²) < 4.78 is 15.6. The van der Waals surface area contributed by atoms with Crippen molar-refractivity contribution in [2.75, 3.05) is 20.5 Å². The second kappa shape index (κ2) is 4.70. The molecule has 0 aromatic heterocycles. The van der Waals surface area contributed by atoms with Gasteiger partial charge in [-0.15, -0.1) is 0 Å². The van der Waals surface area contributed by atoms with Gasteiger partial charge in [-0.2, -0.15) is 0 Å². The Hall–Kier alpha value is -0.120. The van der Waals surface area contributed by atoms with Crippen molar-refractivity contribution in [2.24, 2.45) is 0 Å². The average Bonchev–Trinajstić information content (AvgIpc) is 2.52. The minimum atomic E-state index is 0.164. The van der Waals surface area contributed by atoms with E-state index in [2.05, 4.69) is 0 Å². The molecule has 0 aliphatic carbocycles. The highest BCUT2D eigenvalue weighted by Crippen LogP contribution is 2.17. The summed E-state index contributed by atoms with van der Waals surface area (Å²) in [6, 6.07) is 0. The molecule has 2 atom stereocenters. The highest BCUT2D eigenvalue weighted by atomic mass is 16.7. The van der Waals surface area contributed by atoms with E-state index in [0.29, 0.717) is 6.79 Å². The third-order valence-corrected chi connectivity index (χ3v) is 1.94. The van der Waals surface area contributed by atoms with Gasteiger partial charge in [0.1, 0.15) is 6.79 Å². The largest absolute Gasteiger partial charge is 0.376 e. The van der Waals surface area contributed by atoms with Crippen molar-refractivity contribution in [3.05, 3.63) is 0 Å². The van der Waals surface area contributed by atoms with E-state index in [0.717, 1.165) is 19.4 Å². The maximum Gasteiger partial charge on any atom is 0.146 e. The van der Waals surface area contributed by atoms with E-state index in [9.17, 15) is 0 Å². The molecule has 3 heteroatoms. The first-order chi connectivity index (χ1) is 5.34. The summed E-state index contributed by atoms with van der Waals surface area (Å²) in [6.07, 6.45) is 2.72. The van der Waals surface area contributed by atoms with E-state index >= 15 is 0 Å². The first-order valence-corrected chi connectivity index (χ1v) is 4.06. The number of hydrogen-bond donors (Lipinski definition) is 0. The van der Waals surface area contributed by atoms with Crippen LogP contribution in [0.2, 0.25) is 0 Å². The molecule has 1 aliphatic rings. The lowest BCUT2D eigenvalue weighted by Crippen LogP contribution is -2.25. The lowest BCUT2D eigenvalue weighted by molar-refractivity contribution is -0.108. The molecule has 0 amide bonds. The Morgan fingerprint density at radius 3 is 3.00 bits per heavy atom. The van der Waals surface area contributed by atoms with Gasteiger partial charge in [0, 0.05) is 13.7 Å². The van der Waals surface area contributed by atoms with Gasteiger partial charge in [-0.05, 0) is 19.8 Å². The molecular formula is C8H16O3. The Bertz CT molecular complexity index is 99.5. The number of hydrogen-bond acceptors (Lipinski definition) is 3. The van der Waals surface area contributed by atoms with Crippen LogP contribution in [0, 0.1) is 0 Å². The van der Waals surface area contributed by atoms with Crippen LogP contribution in [0.1, 0.15) is 19.8 Å². The van der Waals surface area contributed by atoms with Crippen LogP contribution < -0.4 is 0 Å². The zero-order valence-corrected chi connectivity index (χ0v) is 7.21. The van der Waals surface area contributed by atoms with Gasteiger partial charge < -0.3 is 14.2 Å². The van der Waals surface area contributed by atoms with Crippen LogP contribution in [0.4, 0.5) is 0 Å². The van der Waals surface area contributed by atoms with Crippen molar-refractivity contribution in [3.8, 4) is 0 Å². The molecule has 1 heterocycles. The molecule has 2 unspecified atom stereocenters. The Kier molecular flexibility index (Phi) is 3.83. The summed E-state index contributed by atoms with van der Waals surface area (Å²) >= 11 is 0. The molecule has 0 saturated carbocycles. The molecule has 1 rings (SSSR count). The average molecular weight is 160 g/mol. The van der Waals surface area contributed by atoms with Gasteiger partial charge in [0.25, 0.3) is 0 Å². The van der Waals surface area contributed by atoms with Crippen LogP contribution in [-0.2, 0) is 14.2 Å². The highest BCUT2D eigenvalue weighted by molar-refractivity contribution is 4.70. The molecule has 0 bridgehead atoms.